The Bertz CT molecular complexity index is 465. The lowest BCUT2D eigenvalue weighted by molar-refractivity contribution is -0.123. The summed E-state index contributed by atoms with van der Waals surface area (Å²) in [5.74, 6) is 0.918. The highest BCUT2D eigenvalue weighted by Crippen LogP contribution is 2.11. The Kier molecular flexibility index (Phi) is 7.68. The van der Waals surface area contributed by atoms with Crippen LogP contribution >= 0.6 is 11.8 Å². The molecule has 21 heavy (non-hydrogen) atoms. The number of hydrogen-bond acceptors (Lipinski definition) is 4. The molecule has 0 aliphatic rings. The van der Waals surface area contributed by atoms with Crippen molar-refractivity contribution in [2.45, 2.75) is 26.3 Å². The van der Waals surface area contributed by atoms with Crippen molar-refractivity contribution in [1.29, 1.82) is 0 Å². The van der Waals surface area contributed by atoms with Crippen molar-refractivity contribution < 1.29 is 10.0 Å². The summed E-state index contributed by atoms with van der Waals surface area (Å²) in [7, 11) is 0. The maximum absolute atomic E-state index is 12.3. The van der Waals surface area contributed by atoms with Gasteiger partial charge in [0.15, 0.2) is 5.84 Å². The molecular weight excluding hydrogens is 286 g/mol. The van der Waals surface area contributed by atoms with Crippen molar-refractivity contribution in [3.63, 3.8) is 0 Å². The van der Waals surface area contributed by atoms with E-state index in [-0.39, 0.29) is 17.8 Å². The molecule has 0 aromatic heterocycles. The number of amides is 1. The summed E-state index contributed by atoms with van der Waals surface area (Å²) in [4.78, 5) is 12.3. The molecule has 0 saturated carbocycles. The van der Waals surface area contributed by atoms with Crippen LogP contribution in [0.1, 0.15) is 19.4 Å². The van der Waals surface area contributed by atoms with E-state index in [1.807, 2.05) is 37.3 Å². The average Bonchev–Trinajstić information content (AvgIpc) is 2.50. The lowest BCUT2D eigenvalue weighted by Crippen LogP contribution is -2.44. The number of oxime groups is 1. The van der Waals surface area contributed by atoms with Crippen molar-refractivity contribution in [2.75, 3.05) is 11.5 Å². The molecule has 0 bridgehead atoms. The largest absolute Gasteiger partial charge is 0.409 e. The van der Waals surface area contributed by atoms with E-state index in [1.54, 1.807) is 11.8 Å². The standard InChI is InChI=1S/C15H23N3O2S/c1-3-21-10-11(2)17-15(19)13(14(16)18-20)9-12-7-5-4-6-8-12/h4-8,11,13,20H,3,9-10H2,1-2H3,(H2,16,18)(H,17,19). The molecule has 5 nitrogen and oxygen atoms in total. The fourth-order valence-electron chi connectivity index (χ4n) is 1.93. The molecular formula is C15H23N3O2S. The minimum Gasteiger partial charge on any atom is -0.409 e. The molecule has 4 N–H and O–H groups in total. The number of carbonyl (C=O) groups excluding carboxylic acids is 1. The normalized spacial score (nSPS) is 14.5. The van der Waals surface area contributed by atoms with Gasteiger partial charge in [-0.15, -0.1) is 0 Å². The molecule has 0 aliphatic heterocycles. The first-order chi connectivity index (χ1) is 10.1. The van der Waals surface area contributed by atoms with Gasteiger partial charge in [-0.3, -0.25) is 4.79 Å². The van der Waals surface area contributed by atoms with Crippen molar-refractivity contribution in [3.05, 3.63) is 35.9 Å². The van der Waals surface area contributed by atoms with Gasteiger partial charge in [-0.1, -0.05) is 42.4 Å². The van der Waals surface area contributed by atoms with E-state index in [1.165, 1.54) is 0 Å². The van der Waals surface area contributed by atoms with Crippen LogP contribution in [0.4, 0.5) is 0 Å². The van der Waals surface area contributed by atoms with Crippen LogP contribution in [0.2, 0.25) is 0 Å². The van der Waals surface area contributed by atoms with E-state index in [0.717, 1.165) is 17.1 Å². The smallest absolute Gasteiger partial charge is 0.231 e. The second-order valence-corrected chi connectivity index (χ2v) is 6.16. The van der Waals surface area contributed by atoms with Crippen LogP contribution in [0.25, 0.3) is 0 Å². The van der Waals surface area contributed by atoms with Crippen LogP contribution < -0.4 is 11.1 Å². The van der Waals surface area contributed by atoms with Gasteiger partial charge < -0.3 is 16.3 Å². The third-order valence-corrected chi connectivity index (χ3v) is 4.18. The third kappa shape index (κ3) is 6.08. The number of nitrogens with two attached hydrogens (primary N) is 1. The van der Waals surface area contributed by atoms with E-state index in [4.69, 9.17) is 10.9 Å². The Morgan fingerprint density at radius 1 is 1.43 bits per heavy atom. The van der Waals surface area contributed by atoms with Crippen LogP contribution in [0.15, 0.2) is 35.5 Å². The molecule has 0 heterocycles. The number of hydrogen-bond donors (Lipinski definition) is 3. The molecule has 6 heteroatoms. The fraction of sp³-hybridized carbons (Fsp3) is 0.467. The Hall–Kier alpha value is -1.69. The molecule has 1 rings (SSSR count). The highest BCUT2D eigenvalue weighted by Gasteiger charge is 2.24. The molecule has 1 aromatic carbocycles. The molecule has 2 unspecified atom stereocenters. The van der Waals surface area contributed by atoms with Gasteiger partial charge in [-0.2, -0.15) is 11.8 Å². The Labute approximate surface area is 130 Å². The maximum Gasteiger partial charge on any atom is 0.231 e. The summed E-state index contributed by atoms with van der Waals surface area (Å²) >= 11 is 1.76. The summed E-state index contributed by atoms with van der Waals surface area (Å²) in [5, 5.41) is 14.8. The summed E-state index contributed by atoms with van der Waals surface area (Å²) in [6.45, 7) is 4.03. The van der Waals surface area contributed by atoms with Crippen molar-refractivity contribution in [3.8, 4) is 0 Å². The number of amidine groups is 1. The second-order valence-electron chi connectivity index (χ2n) is 4.84. The number of rotatable bonds is 8. The number of carbonyl (C=O) groups is 1. The molecule has 0 spiro atoms. The first-order valence-corrected chi connectivity index (χ1v) is 8.13. The van der Waals surface area contributed by atoms with Gasteiger partial charge in [0.05, 0.1) is 0 Å². The van der Waals surface area contributed by atoms with Crippen molar-refractivity contribution in [1.82, 2.24) is 5.32 Å². The lowest BCUT2D eigenvalue weighted by Gasteiger charge is -2.19. The zero-order chi connectivity index (χ0) is 15.7. The second kappa shape index (κ2) is 9.28. The van der Waals surface area contributed by atoms with Crippen LogP contribution in [-0.4, -0.2) is 34.5 Å². The summed E-state index contributed by atoms with van der Waals surface area (Å²) < 4.78 is 0. The quantitative estimate of drug-likeness (QED) is 0.296. The monoisotopic (exact) mass is 309 g/mol. The van der Waals surface area contributed by atoms with Gasteiger partial charge in [-0.05, 0) is 24.7 Å². The maximum atomic E-state index is 12.3. The number of nitrogens with one attached hydrogen (secondary N) is 1. The van der Waals surface area contributed by atoms with Crippen molar-refractivity contribution >= 4 is 23.5 Å². The number of thioether (sulfide) groups is 1. The average molecular weight is 309 g/mol. The van der Waals surface area contributed by atoms with Crippen molar-refractivity contribution in [2.24, 2.45) is 16.8 Å². The Morgan fingerprint density at radius 2 is 2.10 bits per heavy atom. The predicted octanol–water partition coefficient (Wildman–Crippen LogP) is 1.85. The van der Waals surface area contributed by atoms with Crippen LogP contribution in [0.3, 0.4) is 0 Å². The van der Waals surface area contributed by atoms with E-state index in [2.05, 4.69) is 17.4 Å². The summed E-state index contributed by atoms with van der Waals surface area (Å²) in [5.41, 5.74) is 6.65. The van der Waals surface area contributed by atoms with E-state index in [0.29, 0.717) is 6.42 Å². The van der Waals surface area contributed by atoms with Gasteiger partial charge in [0, 0.05) is 11.8 Å². The Balaban J connectivity index is 2.71. The van der Waals surface area contributed by atoms with E-state index in [9.17, 15) is 4.79 Å². The van der Waals surface area contributed by atoms with Gasteiger partial charge in [0.2, 0.25) is 5.91 Å². The minimum absolute atomic E-state index is 0.0483. The number of nitrogens with zero attached hydrogens (tertiary/aromatic N) is 1. The molecule has 1 aromatic rings. The van der Waals surface area contributed by atoms with E-state index < -0.39 is 5.92 Å². The zero-order valence-electron chi connectivity index (χ0n) is 12.5. The molecule has 0 radical (unpaired) electrons. The topological polar surface area (TPSA) is 87.7 Å². The first kappa shape index (κ1) is 17.4. The van der Waals surface area contributed by atoms with Gasteiger partial charge in [0.1, 0.15) is 5.92 Å². The summed E-state index contributed by atoms with van der Waals surface area (Å²) in [6.07, 6.45) is 0.413. The molecule has 2 atom stereocenters. The Morgan fingerprint density at radius 3 is 2.67 bits per heavy atom. The highest BCUT2D eigenvalue weighted by atomic mass is 32.2. The van der Waals surface area contributed by atoms with Gasteiger partial charge in [-0.25, -0.2) is 0 Å². The molecule has 0 saturated heterocycles. The van der Waals surface area contributed by atoms with Gasteiger partial charge in [0.25, 0.3) is 0 Å². The fourth-order valence-corrected chi connectivity index (χ4v) is 2.60. The van der Waals surface area contributed by atoms with Crippen LogP contribution in [0, 0.1) is 5.92 Å². The van der Waals surface area contributed by atoms with E-state index >= 15 is 0 Å². The summed E-state index contributed by atoms with van der Waals surface area (Å²) in [6, 6.07) is 9.59. The molecule has 1 amide bonds. The zero-order valence-corrected chi connectivity index (χ0v) is 13.3. The van der Waals surface area contributed by atoms with Gasteiger partial charge >= 0.3 is 0 Å². The first-order valence-electron chi connectivity index (χ1n) is 6.97. The molecule has 0 fully saturated rings. The number of benzene rings is 1. The predicted molar refractivity (Wildman–Crippen MR) is 87.6 cm³/mol. The molecule has 0 aliphatic carbocycles. The van der Waals surface area contributed by atoms with Crippen LogP contribution in [0.5, 0.6) is 0 Å². The highest BCUT2D eigenvalue weighted by molar-refractivity contribution is 7.99. The molecule has 116 valence electrons. The van der Waals surface area contributed by atoms with Crippen LogP contribution in [-0.2, 0) is 11.2 Å². The third-order valence-electron chi connectivity index (χ3n) is 3.03. The lowest BCUT2D eigenvalue weighted by atomic mass is 9.97. The SMILES string of the molecule is CCSCC(C)NC(=O)C(Cc1ccccc1)/C(N)=N/O. The minimum atomic E-state index is -0.661.